The van der Waals surface area contributed by atoms with Crippen molar-refractivity contribution in [3.8, 4) is 22.6 Å². The Kier molecular flexibility index (Phi) is 3.43. The van der Waals surface area contributed by atoms with E-state index in [4.69, 9.17) is 4.74 Å². The molecule has 0 bridgehead atoms. The number of hydrogen-bond acceptors (Lipinski definition) is 2. The third kappa shape index (κ3) is 2.01. The predicted octanol–water partition coefficient (Wildman–Crippen LogP) is 3.85. The van der Waals surface area contributed by atoms with Gasteiger partial charge in [-0.2, -0.15) is 0 Å². The van der Waals surface area contributed by atoms with Crippen molar-refractivity contribution >= 4 is 0 Å². The molecule has 24 heavy (non-hydrogen) atoms. The summed E-state index contributed by atoms with van der Waals surface area (Å²) in [6, 6.07) is 10.8. The molecule has 0 saturated heterocycles. The first-order chi connectivity index (χ1) is 11.6. The van der Waals surface area contributed by atoms with Gasteiger partial charge in [-0.3, -0.25) is 0 Å². The third-order valence-electron chi connectivity index (χ3n) is 5.83. The van der Waals surface area contributed by atoms with Gasteiger partial charge < -0.3 is 14.3 Å². The summed E-state index contributed by atoms with van der Waals surface area (Å²) < 4.78 is 6.40. The molecule has 2 atom stereocenters. The molecule has 2 aromatic carbocycles. The van der Waals surface area contributed by atoms with Crippen LogP contribution in [0, 0.1) is 0 Å². The Labute approximate surface area is 143 Å². The van der Waals surface area contributed by atoms with E-state index in [0.29, 0.717) is 11.8 Å². The lowest BCUT2D eigenvalue weighted by Crippen LogP contribution is -2.52. The average molecular weight is 322 g/mol. The molecule has 1 heterocycles. The first-order valence-electron chi connectivity index (χ1n) is 8.55. The number of rotatable bonds is 3. The second kappa shape index (κ2) is 5.38. The number of fused-ring (bicyclic) bond motifs is 2. The summed E-state index contributed by atoms with van der Waals surface area (Å²) in [7, 11) is 3.94. The highest BCUT2D eigenvalue weighted by molar-refractivity contribution is 5.82. The minimum absolute atomic E-state index is 0.278. The molecule has 2 aromatic rings. The Morgan fingerprint density at radius 2 is 2.12 bits per heavy atom. The SMILES string of the molecule is C=CC[N@@+]1(C)CCc2cc(OC)c(O)c3c2C1Cc1ccccc1-3. The molecule has 0 radical (unpaired) electrons. The van der Waals surface area contributed by atoms with E-state index in [1.54, 1.807) is 7.11 Å². The van der Waals surface area contributed by atoms with Gasteiger partial charge in [-0.15, -0.1) is 0 Å². The Hall–Kier alpha value is -2.26. The lowest BCUT2D eigenvalue weighted by atomic mass is 9.75. The zero-order chi connectivity index (χ0) is 16.9. The Balaban J connectivity index is 2.03. The van der Waals surface area contributed by atoms with Gasteiger partial charge in [0.15, 0.2) is 11.5 Å². The van der Waals surface area contributed by atoms with Gasteiger partial charge in [-0.25, -0.2) is 0 Å². The largest absolute Gasteiger partial charge is 0.504 e. The molecule has 1 N–H and O–H groups in total. The monoisotopic (exact) mass is 322 g/mol. The minimum atomic E-state index is 0.278. The highest BCUT2D eigenvalue weighted by atomic mass is 16.5. The van der Waals surface area contributed by atoms with Crippen molar-refractivity contribution in [2.24, 2.45) is 0 Å². The van der Waals surface area contributed by atoms with Crippen LogP contribution in [0.25, 0.3) is 11.1 Å². The van der Waals surface area contributed by atoms with Crippen LogP contribution in [0.1, 0.15) is 22.7 Å². The van der Waals surface area contributed by atoms with Gasteiger partial charge >= 0.3 is 0 Å². The van der Waals surface area contributed by atoms with E-state index in [2.05, 4.69) is 31.8 Å². The molecule has 0 aromatic heterocycles. The number of phenols is 1. The summed E-state index contributed by atoms with van der Waals surface area (Å²) >= 11 is 0. The van der Waals surface area contributed by atoms with Crippen molar-refractivity contribution in [2.45, 2.75) is 18.9 Å². The Morgan fingerprint density at radius 1 is 1.33 bits per heavy atom. The van der Waals surface area contributed by atoms with Crippen molar-refractivity contribution in [1.82, 2.24) is 0 Å². The van der Waals surface area contributed by atoms with Gasteiger partial charge in [-0.1, -0.05) is 30.8 Å². The molecular formula is C21H24NO2+. The molecule has 1 aliphatic carbocycles. The lowest BCUT2D eigenvalue weighted by Gasteiger charge is -2.48. The van der Waals surface area contributed by atoms with Crippen molar-refractivity contribution in [3.63, 3.8) is 0 Å². The standard InChI is InChI=1S/C21H23NO2/c1-4-10-22(2)11-9-15-13-18(24-3)21(23)20-16-8-6-5-7-14(16)12-17(22)19(15)20/h4-8,13,17H,1,9-12H2,2-3H3/p+1/t17?,22-/m0/s1. The van der Waals surface area contributed by atoms with E-state index in [1.165, 1.54) is 16.7 Å². The average Bonchev–Trinajstić information content (AvgIpc) is 2.59. The van der Waals surface area contributed by atoms with Crippen molar-refractivity contribution in [2.75, 3.05) is 27.2 Å². The fraction of sp³-hybridized carbons (Fsp3) is 0.333. The van der Waals surface area contributed by atoms with Gasteiger partial charge in [0.25, 0.3) is 0 Å². The van der Waals surface area contributed by atoms with Crippen LogP contribution in [-0.4, -0.2) is 36.8 Å². The van der Waals surface area contributed by atoms with E-state index in [0.717, 1.165) is 41.5 Å². The van der Waals surface area contributed by atoms with Crippen LogP contribution in [0.3, 0.4) is 0 Å². The van der Waals surface area contributed by atoms with Crippen LogP contribution < -0.4 is 4.74 Å². The van der Waals surface area contributed by atoms with Crippen LogP contribution in [0.4, 0.5) is 0 Å². The van der Waals surface area contributed by atoms with E-state index >= 15 is 0 Å². The van der Waals surface area contributed by atoms with Crippen molar-refractivity contribution in [1.29, 1.82) is 0 Å². The molecule has 4 rings (SSSR count). The highest BCUT2D eigenvalue weighted by Gasteiger charge is 2.44. The molecule has 1 unspecified atom stereocenters. The van der Waals surface area contributed by atoms with Gasteiger partial charge in [-0.05, 0) is 28.8 Å². The topological polar surface area (TPSA) is 29.5 Å². The number of phenolic OH excluding ortho intramolecular Hbond substituents is 1. The summed E-state index contributed by atoms with van der Waals surface area (Å²) in [5, 5.41) is 10.9. The molecular weight excluding hydrogens is 298 g/mol. The maximum absolute atomic E-state index is 10.9. The van der Waals surface area contributed by atoms with Gasteiger partial charge in [0.05, 0.1) is 27.2 Å². The minimum Gasteiger partial charge on any atom is -0.504 e. The van der Waals surface area contributed by atoms with Gasteiger partial charge in [0, 0.05) is 24.0 Å². The molecule has 1 aliphatic heterocycles. The first kappa shape index (κ1) is 15.3. The smallest absolute Gasteiger partial charge is 0.166 e. The summed E-state index contributed by atoms with van der Waals surface area (Å²) in [6.45, 7) is 5.99. The van der Waals surface area contributed by atoms with Crippen molar-refractivity contribution in [3.05, 3.63) is 59.7 Å². The number of nitrogens with zero attached hydrogens (tertiary/aromatic N) is 1. The summed E-state index contributed by atoms with van der Waals surface area (Å²) in [4.78, 5) is 0. The summed E-state index contributed by atoms with van der Waals surface area (Å²) in [6.07, 6.45) is 4.03. The highest BCUT2D eigenvalue weighted by Crippen LogP contribution is 2.53. The molecule has 0 saturated carbocycles. The second-order valence-corrected chi connectivity index (χ2v) is 7.18. The fourth-order valence-corrected chi connectivity index (χ4v) is 4.56. The molecule has 3 heteroatoms. The maximum Gasteiger partial charge on any atom is 0.166 e. The van der Waals surface area contributed by atoms with E-state index < -0.39 is 0 Å². The lowest BCUT2D eigenvalue weighted by molar-refractivity contribution is -0.936. The fourth-order valence-electron chi connectivity index (χ4n) is 4.56. The number of hydrogen-bond donors (Lipinski definition) is 1. The molecule has 124 valence electrons. The Morgan fingerprint density at radius 3 is 2.88 bits per heavy atom. The molecule has 3 nitrogen and oxygen atoms in total. The number of likely N-dealkylation sites (N-methyl/N-ethyl adjacent to an activating group) is 1. The van der Waals surface area contributed by atoms with E-state index in [1.807, 2.05) is 18.2 Å². The first-order valence-corrected chi connectivity index (χ1v) is 8.55. The van der Waals surface area contributed by atoms with Crippen LogP contribution in [0.2, 0.25) is 0 Å². The number of ether oxygens (including phenoxy) is 1. The van der Waals surface area contributed by atoms with Crippen LogP contribution in [0.15, 0.2) is 43.0 Å². The second-order valence-electron chi connectivity index (χ2n) is 7.18. The summed E-state index contributed by atoms with van der Waals surface area (Å²) in [5.41, 5.74) is 6.05. The quantitative estimate of drug-likeness (QED) is 0.687. The van der Waals surface area contributed by atoms with E-state index in [9.17, 15) is 5.11 Å². The van der Waals surface area contributed by atoms with Gasteiger partial charge in [0.1, 0.15) is 6.04 Å². The molecule has 0 amide bonds. The molecule has 0 fully saturated rings. The van der Waals surface area contributed by atoms with Crippen LogP contribution in [-0.2, 0) is 12.8 Å². The maximum atomic E-state index is 10.9. The molecule has 0 spiro atoms. The Bertz CT molecular complexity index is 827. The zero-order valence-corrected chi connectivity index (χ0v) is 14.4. The number of benzene rings is 2. The number of aromatic hydroxyl groups is 1. The van der Waals surface area contributed by atoms with Crippen LogP contribution in [0.5, 0.6) is 11.5 Å². The van der Waals surface area contributed by atoms with Crippen molar-refractivity contribution < 1.29 is 14.3 Å². The zero-order valence-electron chi connectivity index (χ0n) is 14.4. The normalized spacial score (nSPS) is 24.0. The number of methoxy groups -OCH3 is 1. The van der Waals surface area contributed by atoms with Crippen LogP contribution >= 0.6 is 0 Å². The predicted molar refractivity (Wildman–Crippen MR) is 96.4 cm³/mol. The van der Waals surface area contributed by atoms with Gasteiger partial charge in [0.2, 0.25) is 0 Å². The third-order valence-corrected chi connectivity index (χ3v) is 5.83. The van der Waals surface area contributed by atoms with E-state index in [-0.39, 0.29) is 5.75 Å². The molecule has 2 aliphatic rings. The number of quaternary nitrogens is 1. The summed E-state index contributed by atoms with van der Waals surface area (Å²) in [5.74, 6) is 0.861.